The molecule has 0 saturated heterocycles. The number of nitrogens with zero attached hydrogens (tertiary/aromatic N) is 2. The van der Waals surface area contributed by atoms with Gasteiger partial charge in [-0.3, -0.25) is 20.0 Å². The summed E-state index contributed by atoms with van der Waals surface area (Å²) < 4.78 is 32.2. The number of nitriles is 1. The lowest BCUT2D eigenvalue weighted by molar-refractivity contribution is -0.127. The molecule has 0 bridgehead atoms. The predicted octanol–water partition coefficient (Wildman–Crippen LogP) is 1.37. The lowest BCUT2D eigenvalue weighted by Crippen LogP contribution is -2.42. The van der Waals surface area contributed by atoms with Crippen LogP contribution in [0, 0.1) is 23.2 Å². The number of halogens is 1. The van der Waals surface area contributed by atoms with Gasteiger partial charge >= 0.3 is 0 Å². The monoisotopic (exact) mass is 466 g/mol. The molecule has 2 amide bonds. The predicted molar refractivity (Wildman–Crippen MR) is 112 cm³/mol. The number of hydrogen-bond donors (Lipinski definition) is 2. The molecule has 1 aliphatic heterocycles. The highest BCUT2D eigenvalue weighted by atomic mass is 35.5. The Morgan fingerprint density at radius 1 is 1.39 bits per heavy atom. The van der Waals surface area contributed by atoms with Crippen molar-refractivity contribution in [1.82, 2.24) is 15.8 Å². The summed E-state index contributed by atoms with van der Waals surface area (Å²) in [4.78, 5) is 24.1. The zero-order chi connectivity index (χ0) is 22.6. The number of carbonyl (C=O) groups is 2. The van der Waals surface area contributed by atoms with Crippen LogP contribution in [0.4, 0.5) is 0 Å². The minimum absolute atomic E-state index is 0.0388. The first-order valence-corrected chi connectivity index (χ1v) is 11.7. The Morgan fingerprint density at radius 3 is 2.81 bits per heavy atom. The van der Waals surface area contributed by atoms with Crippen LogP contribution in [0.3, 0.4) is 0 Å². The van der Waals surface area contributed by atoms with Crippen LogP contribution in [0.1, 0.15) is 19.3 Å². The fourth-order valence-corrected chi connectivity index (χ4v) is 6.28. The van der Waals surface area contributed by atoms with Crippen LogP contribution >= 0.6 is 11.6 Å². The average Bonchev–Trinajstić information content (AvgIpc) is 3.17. The molecule has 1 aliphatic carbocycles. The van der Waals surface area contributed by atoms with Gasteiger partial charge in [0.1, 0.15) is 6.54 Å². The van der Waals surface area contributed by atoms with E-state index in [1.54, 1.807) is 25.3 Å². The van der Waals surface area contributed by atoms with Crippen molar-refractivity contribution in [2.24, 2.45) is 11.8 Å². The molecule has 1 fully saturated rings. The molecular weight excluding hydrogens is 444 g/mol. The summed E-state index contributed by atoms with van der Waals surface area (Å²) >= 11 is 6.11. The third-order valence-corrected chi connectivity index (χ3v) is 8.12. The zero-order valence-corrected chi connectivity index (χ0v) is 18.4. The van der Waals surface area contributed by atoms with Crippen LogP contribution < -0.4 is 10.7 Å². The van der Waals surface area contributed by atoms with Gasteiger partial charge in [0, 0.05) is 18.9 Å². The van der Waals surface area contributed by atoms with E-state index in [0.29, 0.717) is 5.88 Å². The van der Waals surface area contributed by atoms with Crippen LogP contribution in [-0.2, 0) is 24.2 Å². The van der Waals surface area contributed by atoms with E-state index in [2.05, 4.69) is 10.7 Å². The normalized spacial score (nSPS) is 23.5. The van der Waals surface area contributed by atoms with Crippen LogP contribution in [0.5, 0.6) is 0 Å². The molecule has 2 aliphatic rings. The topological polar surface area (TPSA) is 129 Å². The van der Waals surface area contributed by atoms with Gasteiger partial charge in [-0.15, -0.1) is 0 Å². The number of benzene rings is 1. The van der Waals surface area contributed by atoms with Gasteiger partial charge in [-0.2, -0.15) is 5.26 Å². The Bertz CT molecular complexity index is 1040. The molecule has 3 rings (SSSR count). The molecule has 3 unspecified atom stereocenters. The van der Waals surface area contributed by atoms with Gasteiger partial charge in [0.15, 0.2) is 9.84 Å². The van der Waals surface area contributed by atoms with Crippen molar-refractivity contribution < 1.29 is 22.7 Å². The van der Waals surface area contributed by atoms with Gasteiger partial charge in [-0.05, 0) is 31.1 Å². The average molecular weight is 467 g/mol. The number of carbonyl (C=O) groups excluding carboxylic acids is 2. The van der Waals surface area contributed by atoms with Crippen molar-refractivity contribution in [2.75, 3.05) is 20.2 Å². The SMILES string of the molecule is CN1NC(=O)CC=C1OCC1CC(S(=O)(=O)c2ccccc2Cl)CC1C(=O)NCC#N. The number of ether oxygens (including phenoxy) is 1. The van der Waals surface area contributed by atoms with E-state index >= 15 is 0 Å². The number of nitrogens with one attached hydrogen (secondary N) is 2. The molecule has 1 aromatic carbocycles. The van der Waals surface area contributed by atoms with E-state index in [4.69, 9.17) is 21.6 Å². The molecule has 11 heteroatoms. The molecule has 31 heavy (non-hydrogen) atoms. The molecule has 166 valence electrons. The maximum absolute atomic E-state index is 13.2. The summed E-state index contributed by atoms with van der Waals surface area (Å²) in [6.45, 7) is -0.0734. The highest BCUT2D eigenvalue weighted by molar-refractivity contribution is 7.92. The van der Waals surface area contributed by atoms with Crippen LogP contribution in [0.2, 0.25) is 5.02 Å². The second-order valence-corrected chi connectivity index (χ2v) is 10.1. The number of amides is 2. The largest absolute Gasteiger partial charge is 0.478 e. The highest BCUT2D eigenvalue weighted by Gasteiger charge is 2.45. The van der Waals surface area contributed by atoms with Gasteiger partial charge in [0.25, 0.3) is 0 Å². The maximum Gasteiger partial charge on any atom is 0.242 e. The lowest BCUT2D eigenvalue weighted by Gasteiger charge is -2.28. The van der Waals surface area contributed by atoms with Crippen LogP contribution in [-0.4, -0.2) is 50.7 Å². The van der Waals surface area contributed by atoms with Gasteiger partial charge in [0.2, 0.25) is 17.7 Å². The molecule has 9 nitrogen and oxygen atoms in total. The zero-order valence-electron chi connectivity index (χ0n) is 16.9. The third kappa shape index (κ3) is 5.11. The number of sulfone groups is 1. The molecule has 0 radical (unpaired) electrons. The summed E-state index contributed by atoms with van der Waals surface area (Å²) in [6.07, 6.45) is 2.10. The van der Waals surface area contributed by atoms with E-state index in [0.717, 1.165) is 0 Å². The first-order valence-electron chi connectivity index (χ1n) is 9.73. The van der Waals surface area contributed by atoms with Crippen molar-refractivity contribution in [2.45, 2.75) is 29.4 Å². The van der Waals surface area contributed by atoms with E-state index < -0.39 is 26.9 Å². The lowest BCUT2D eigenvalue weighted by atomic mass is 9.96. The van der Waals surface area contributed by atoms with Crippen molar-refractivity contribution in [3.05, 3.63) is 41.2 Å². The fourth-order valence-electron chi connectivity index (χ4n) is 3.90. The van der Waals surface area contributed by atoms with Crippen LogP contribution in [0.25, 0.3) is 0 Å². The van der Waals surface area contributed by atoms with E-state index in [-0.39, 0.29) is 54.1 Å². The summed E-state index contributed by atoms with van der Waals surface area (Å²) in [5, 5.41) is 12.0. The third-order valence-electron chi connectivity index (χ3n) is 5.44. The van der Waals surface area contributed by atoms with E-state index in [1.807, 2.05) is 6.07 Å². The maximum atomic E-state index is 13.2. The highest BCUT2D eigenvalue weighted by Crippen LogP contribution is 2.40. The smallest absolute Gasteiger partial charge is 0.242 e. The fraction of sp³-hybridized carbons (Fsp3) is 0.450. The van der Waals surface area contributed by atoms with Gasteiger partial charge in [-0.1, -0.05) is 23.7 Å². The second-order valence-electron chi connectivity index (χ2n) is 7.46. The standard InChI is InChI=1S/C20H23ClN4O5S/c1-25-19(7-6-18(26)24-25)30-12-13-10-14(11-15(13)20(27)23-9-8-22)31(28,29)17-5-3-2-4-16(17)21/h2-5,7,13-15H,6,9-12H2,1H3,(H,23,27)(H,24,26). The van der Waals surface area contributed by atoms with E-state index in [1.165, 1.54) is 17.1 Å². The number of rotatable bonds is 7. The number of hydrogen-bond acceptors (Lipinski definition) is 7. The van der Waals surface area contributed by atoms with Gasteiger partial charge in [0.05, 0.1) is 34.3 Å². The van der Waals surface area contributed by atoms with Gasteiger partial charge < -0.3 is 10.1 Å². The van der Waals surface area contributed by atoms with Crippen molar-refractivity contribution in [3.8, 4) is 6.07 Å². The van der Waals surface area contributed by atoms with Crippen molar-refractivity contribution >= 4 is 33.3 Å². The Kier molecular flexibility index (Phi) is 7.08. The molecule has 1 heterocycles. The quantitative estimate of drug-likeness (QED) is 0.580. The van der Waals surface area contributed by atoms with Gasteiger partial charge in [-0.25, -0.2) is 8.42 Å². The summed E-state index contributed by atoms with van der Waals surface area (Å²) in [6, 6.07) is 8.07. The molecule has 0 aromatic heterocycles. The second kappa shape index (κ2) is 9.58. The summed E-state index contributed by atoms with van der Waals surface area (Å²) in [7, 11) is -2.14. The minimum atomic E-state index is -3.77. The molecule has 1 aromatic rings. The molecule has 2 N–H and O–H groups in total. The molecular formula is C20H23ClN4O5S. The minimum Gasteiger partial charge on any atom is -0.478 e. The summed E-state index contributed by atoms with van der Waals surface area (Å²) in [5.41, 5.74) is 2.60. The van der Waals surface area contributed by atoms with Crippen molar-refractivity contribution in [1.29, 1.82) is 5.26 Å². The molecule has 1 saturated carbocycles. The number of hydrazine groups is 1. The summed E-state index contributed by atoms with van der Waals surface area (Å²) in [5.74, 6) is -1.16. The first-order chi connectivity index (χ1) is 14.7. The first kappa shape index (κ1) is 22.9. The Morgan fingerprint density at radius 2 is 2.13 bits per heavy atom. The van der Waals surface area contributed by atoms with E-state index in [9.17, 15) is 18.0 Å². The van der Waals surface area contributed by atoms with Crippen LogP contribution in [0.15, 0.2) is 41.1 Å². The Hall–Kier alpha value is -2.77. The molecule has 0 spiro atoms. The Balaban J connectivity index is 1.79. The van der Waals surface area contributed by atoms with Crippen molar-refractivity contribution in [3.63, 3.8) is 0 Å². The Labute approximate surface area is 185 Å². The molecule has 3 atom stereocenters.